The molecule has 1 atom stereocenters. The normalized spacial score (nSPS) is 13.6. The molecule has 5 nitrogen and oxygen atoms in total. The SMILES string of the molecule is Cc1cc([C@@H](C)Nc2ccccc2C(=O)OC(C)(C)C)c2oc3c(c(=O)c2c1)CCc1ccccc1-3. The molecule has 1 aromatic heterocycles. The van der Waals surface area contributed by atoms with Gasteiger partial charge in [0.05, 0.1) is 17.0 Å². The van der Waals surface area contributed by atoms with Gasteiger partial charge in [-0.1, -0.05) is 42.5 Å². The van der Waals surface area contributed by atoms with E-state index >= 15 is 0 Å². The number of rotatable bonds is 4. The van der Waals surface area contributed by atoms with Gasteiger partial charge < -0.3 is 14.5 Å². The number of hydrogen-bond acceptors (Lipinski definition) is 5. The van der Waals surface area contributed by atoms with Gasteiger partial charge in [0, 0.05) is 22.4 Å². The highest BCUT2D eigenvalue weighted by molar-refractivity contribution is 5.96. The first-order chi connectivity index (χ1) is 17.1. The topological polar surface area (TPSA) is 68.5 Å². The van der Waals surface area contributed by atoms with Crippen molar-refractivity contribution >= 4 is 22.6 Å². The van der Waals surface area contributed by atoms with Gasteiger partial charge in [-0.15, -0.1) is 0 Å². The highest BCUT2D eigenvalue weighted by Crippen LogP contribution is 2.37. The van der Waals surface area contributed by atoms with E-state index in [1.54, 1.807) is 6.07 Å². The number of para-hydroxylation sites is 1. The monoisotopic (exact) mass is 481 g/mol. The zero-order valence-corrected chi connectivity index (χ0v) is 21.4. The zero-order valence-electron chi connectivity index (χ0n) is 21.4. The lowest BCUT2D eigenvalue weighted by molar-refractivity contribution is 0.00706. The molecule has 1 aliphatic rings. The largest absolute Gasteiger partial charge is 0.456 e. The van der Waals surface area contributed by atoms with E-state index in [9.17, 15) is 9.59 Å². The summed E-state index contributed by atoms with van der Waals surface area (Å²) >= 11 is 0. The second-order valence-electron chi connectivity index (χ2n) is 10.5. The minimum atomic E-state index is -0.596. The third-order valence-electron chi connectivity index (χ3n) is 6.55. The highest BCUT2D eigenvalue weighted by atomic mass is 16.6. The molecule has 0 saturated heterocycles. The molecule has 0 unspecified atom stereocenters. The molecule has 0 bridgehead atoms. The number of esters is 1. The fraction of sp³-hybridized carbons (Fsp3) is 0.290. The van der Waals surface area contributed by atoms with E-state index < -0.39 is 5.60 Å². The Hall–Kier alpha value is -3.86. The molecular weight excluding hydrogens is 450 g/mol. The van der Waals surface area contributed by atoms with Crippen molar-refractivity contribution in [2.24, 2.45) is 0 Å². The molecule has 0 saturated carbocycles. The number of fused-ring (bicyclic) bond motifs is 4. The average Bonchev–Trinajstić information content (AvgIpc) is 2.83. The lowest BCUT2D eigenvalue weighted by Gasteiger charge is -2.23. The standard InChI is InChI=1S/C31H31NO4/c1-18-16-24(19(2)32-26-13-9-8-12-22(26)30(34)36-31(3,4)5)29-25(17-18)27(33)23-15-14-20-10-6-7-11-21(20)28(23)35-29/h6-13,16-17,19,32H,14-15H2,1-5H3/t19-/m1/s1. The van der Waals surface area contributed by atoms with Gasteiger partial charge in [0.25, 0.3) is 0 Å². The van der Waals surface area contributed by atoms with E-state index in [0.717, 1.165) is 28.7 Å². The molecule has 5 rings (SSSR count). The van der Waals surface area contributed by atoms with E-state index in [-0.39, 0.29) is 17.4 Å². The number of aryl methyl sites for hydroxylation is 2. The Bertz CT molecular complexity index is 1540. The van der Waals surface area contributed by atoms with Gasteiger partial charge in [-0.25, -0.2) is 4.79 Å². The van der Waals surface area contributed by atoms with Crippen molar-refractivity contribution in [2.45, 2.75) is 59.1 Å². The van der Waals surface area contributed by atoms with Crippen LogP contribution in [0.3, 0.4) is 0 Å². The molecule has 0 aliphatic heterocycles. The minimum Gasteiger partial charge on any atom is -0.456 e. The number of carbonyl (C=O) groups excluding carboxylic acids is 1. The predicted molar refractivity (Wildman–Crippen MR) is 144 cm³/mol. The number of carbonyl (C=O) groups is 1. The Labute approximate surface area is 211 Å². The molecule has 0 fully saturated rings. The summed E-state index contributed by atoms with van der Waals surface area (Å²) in [5.41, 5.74) is 5.92. The fourth-order valence-corrected chi connectivity index (χ4v) is 4.93. The van der Waals surface area contributed by atoms with Crippen LogP contribution < -0.4 is 10.7 Å². The molecule has 4 aromatic rings. The van der Waals surface area contributed by atoms with Crippen LogP contribution >= 0.6 is 0 Å². The number of nitrogens with one attached hydrogen (secondary N) is 1. The van der Waals surface area contributed by atoms with E-state index in [1.807, 2.05) is 83.1 Å². The lowest BCUT2D eigenvalue weighted by atomic mass is 9.88. The summed E-state index contributed by atoms with van der Waals surface area (Å²) < 4.78 is 12.2. The Balaban J connectivity index is 1.60. The van der Waals surface area contributed by atoms with Gasteiger partial charge in [-0.05, 0) is 76.8 Å². The van der Waals surface area contributed by atoms with Crippen LogP contribution in [0.4, 0.5) is 5.69 Å². The van der Waals surface area contributed by atoms with E-state index in [2.05, 4.69) is 11.4 Å². The van der Waals surface area contributed by atoms with Crippen molar-refractivity contribution in [3.8, 4) is 11.3 Å². The van der Waals surface area contributed by atoms with Crippen LogP contribution in [0, 0.1) is 6.92 Å². The van der Waals surface area contributed by atoms with Crippen LogP contribution in [0.5, 0.6) is 0 Å². The second-order valence-corrected chi connectivity index (χ2v) is 10.5. The smallest absolute Gasteiger partial charge is 0.340 e. The van der Waals surface area contributed by atoms with Gasteiger partial charge in [0.2, 0.25) is 0 Å². The van der Waals surface area contributed by atoms with Gasteiger partial charge in [0.15, 0.2) is 5.43 Å². The number of anilines is 1. The summed E-state index contributed by atoms with van der Waals surface area (Å²) in [6, 6.07) is 19.1. The quantitative estimate of drug-likeness (QED) is 0.318. The van der Waals surface area contributed by atoms with Crippen molar-refractivity contribution in [3.05, 3.63) is 98.7 Å². The molecule has 1 heterocycles. The molecule has 0 spiro atoms. The van der Waals surface area contributed by atoms with Crippen LogP contribution in [0.2, 0.25) is 0 Å². The first-order valence-electron chi connectivity index (χ1n) is 12.4. The van der Waals surface area contributed by atoms with Crippen LogP contribution in [0.1, 0.15) is 66.3 Å². The average molecular weight is 482 g/mol. The van der Waals surface area contributed by atoms with Gasteiger partial charge in [-0.3, -0.25) is 4.79 Å². The molecule has 3 aromatic carbocycles. The maximum Gasteiger partial charge on any atom is 0.340 e. The summed E-state index contributed by atoms with van der Waals surface area (Å²) in [7, 11) is 0. The van der Waals surface area contributed by atoms with E-state index in [1.165, 1.54) is 5.56 Å². The Morgan fingerprint density at radius 3 is 2.53 bits per heavy atom. The first kappa shape index (κ1) is 23.9. The van der Waals surface area contributed by atoms with Gasteiger partial charge in [-0.2, -0.15) is 0 Å². The van der Waals surface area contributed by atoms with Crippen LogP contribution in [-0.4, -0.2) is 11.6 Å². The first-order valence-corrected chi connectivity index (χ1v) is 12.4. The highest BCUT2D eigenvalue weighted by Gasteiger charge is 2.26. The zero-order chi connectivity index (χ0) is 25.6. The molecule has 184 valence electrons. The predicted octanol–water partition coefficient (Wildman–Crippen LogP) is 7.00. The minimum absolute atomic E-state index is 0.0343. The number of hydrogen-bond donors (Lipinski definition) is 1. The van der Waals surface area contributed by atoms with Crippen molar-refractivity contribution < 1.29 is 13.9 Å². The second kappa shape index (κ2) is 8.98. The third kappa shape index (κ3) is 4.41. The Kier molecular flexibility index (Phi) is 5.95. The molecule has 0 amide bonds. The van der Waals surface area contributed by atoms with E-state index in [0.29, 0.717) is 34.4 Å². The van der Waals surface area contributed by atoms with Crippen molar-refractivity contribution in [2.75, 3.05) is 5.32 Å². The van der Waals surface area contributed by atoms with Gasteiger partial charge in [0.1, 0.15) is 16.9 Å². The number of benzene rings is 3. The van der Waals surface area contributed by atoms with Crippen molar-refractivity contribution in [1.29, 1.82) is 0 Å². The molecule has 0 radical (unpaired) electrons. The van der Waals surface area contributed by atoms with Crippen LogP contribution in [-0.2, 0) is 17.6 Å². The Morgan fingerprint density at radius 1 is 1.03 bits per heavy atom. The summed E-state index contributed by atoms with van der Waals surface area (Å²) in [6.07, 6.45) is 1.50. The molecular formula is C31H31NO4. The summed E-state index contributed by atoms with van der Waals surface area (Å²) in [4.78, 5) is 26.5. The summed E-state index contributed by atoms with van der Waals surface area (Å²) in [5, 5.41) is 4.06. The van der Waals surface area contributed by atoms with Crippen LogP contribution in [0.25, 0.3) is 22.3 Å². The third-order valence-corrected chi connectivity index (χ3v) is 6.55. The van der Waals surface area contributed by atoms with Crippen molar-refractivity contribution in [3.63, 3.8) is 0 Å². The summed E-state index contributed by atoms with van der Waals surface area (Å²) in [5.74, 6) is 0.282. The van der Waals surface area contributed by atoms with Gasteiger partial charge >= 0.3 is 5.97 Å². The fourth-order valence-electron chi connectivity index (χ4n) is 4.93. The molecule has 36 heavy (non-hydrogen) atoms. The lowest BCUT2D eigenvalue weighted by Crippen LogP contribution is -2.24. The van der Waals surface area contributed by atoms with Crippen LogP contribution in [0.15, 0.2) is 69.9 Å². The summed E-state index contributed by atoms with van der Waals surface area (Å²) in [6.45, 7) is 9.54. The van der Waals surface area contributed by atoms with E-state index in [4.69, 9.17) is 9.15 Å². The molecule has 1 aliphatic carbocycles. The van der Waals surface area contributed by atoms with Crippen molar-refractivity contribution in [1.82, 2.24) is 0 Å². The Morgan fingerprint density at radius 2 is 1.75 bits per heavy atom. The molecule has 1 N–H and O–H groups in total. The maximum atomic E-state index is 13.6. The molecule has 5 heteroatoms. The number of ether oxygens (including phenoxy) is 1. The maximum absolute atomic E-state index is 13.6.